The molecular weight excluding hydrogens is 522 g/mol. The average molecular weight is 559 g/mol. The summed E-state index contributed by atoms with van der Waals surface area (Å²) in [6.45, 7) is 4.35. The van der Waals surface area contributed by atoms with Gasteiger partial charge < -0.3 is 19.8 Å². The highest BCUT2D eigenvalue weighted by Crippen LogP contribution is 2.50. The predicted molar refractivity (Wildman–Crippen MR) is 128 cm³/mol. The van der Waals surface area contributed by atoms with Gasteiger partial charge in [0.25, 0.3) is 5.60 Å². The summed E-state index contributed by atoms with van der Waals surface area (Å²) in [5, 5.41) is 18.7. The fourth-order valence-corrected chi connectivity index (χ4v) is 3.81. The number of hydrogen-bond donors (Lipinski definition) is 2. The summed E-state index contributed by atoms with van der Waals surface area (Å²) >= 11 is 0. The van der Waals surface area contributed by atoms with Crippen molar-refractivity contribution in [2.24, 2.45) is 0 Å². The molecule has 2 amide bonds. The van der Waals surface area contributed by atoms with Crippen LogP contribution in [0, 0.1) is 0 Å². The average Bonchev–Trinajstić information content (AvgIpc) is 2.84. The first kappa shape index (κ1) is 33.5. The number of anilines is 1. The summed E-state index contributed by atoms with van der Waals surface area (Å²) < 4.78 is 84.3. The first-order valence-electron chi connectivity index (χ1n) is 12.5. The van der Waals surface area contributed by atoms with Crippen LogP contribution in [0.3, 0.4) is 0 Å². The Morgan fingerprint density at radius 2 is 1.39 bits per heavy atom. The maximum atomic E-state index is 13.3. The Bertz CT molecular complexity index is 847. The van der Waals surface area contributed by atoms with Crippen LogP contribution in [-0.2, 0) is 15.1 Å². The normalized spacial score (nSPS) is 12.4. The van der Waals surface area contributed by atoms with E-state index in [0.29, 0.717) is 63.7 Å². The molecule has 7 nitrogen and oxygen atoms in total. The molecule has 0 aliphatic carbocycles. The first-order chi connectivity index (χ1) is 17.7. The molecule has 218 valence electrons. The van der Waals surface area contributed by atoms with Crippen molar-refractivity contribution in [2.45, 2.75) is 76.7 Å². The zero-order valence-electron chi connectivity index (χ0n) is 21.6. The number of unbranched alkanes of at least 4 members (excludes halogenated alkanes) is 4. The smallest absolute Gasteiger partial charge is 0.430 e. The first-order valence-corrected chi connectivity index (χ1v) is 12.5. The lowest BCUT2D eigenvalue weighted by atomic mass is 9.92. The number of nitrogens with zero attached hydrogens (tertiary/aromatic N) is 2. The third-order valence-corrected chi connectivity index (χ3v) is 5.95. The number of aliphatic hydroxyl groups is 2. The van der Waals surface area contributed by atoms with Crippen molar-refractivity contribution in [3.8, 4) is 0 Å². The summed E-state index contributed by atoms with van der Waals surface area (Å²) in [6.07, 6.45) is -8.55. The van der Waals surface area contributed by atoms with Crippen LogP contribution in [0.15, 0.2) is 24.3 Å². The molecule has 0 saturated carbocycles. The molecule has 38 heavy (non-hydrogen) atoms. The number of rotatable bonds is 15. The summed E-state index contributed by atoms with van der Waals surface area (Å²) in [4.78, 5) is 27.4. The van der Waals surface area contributed by atoms with Gasteiger partial charge in [-0.2, -0.15) is 26.3 Å². The number of carbonyl (C=O) groups excluding carboxylic acids is 2. The summed E-state index contributed by atoms with van der Waals surface area (Å²) in [5.41, 5.74) is -6.41. The molecule has 0 fully saturated rings. The van der Waals surface area contributed by atoms with Crippen molar-refractivity contribution in [3.05, 3.63) is 29.8 Å². The monoisotopic (exact) mass is 558 g/mol. The number of alkyl halides is 6. The minimum atomic E-state index is -6.02. The molecule has 0 atom stereocenters. The fraction of sp³-hybridized carbons (Fsp3) is 0.680. The molecule has 0 saturated heterocycles. The van der Waals surface area contributed by atoms with E-state index in [9.17, 15) is 41.0 Å². The van der Waals surface area contributed by atoms with Crippen LogP contribution in [-0.4, -0.2) is 72.3 Å². The predicted octanol–water partition coefficient (Wildman–Crippen LogP) is 5.53. The van der Waals surface area contributed by atoms with Gasteiger partial charge in [0.2, 0.25) is 0 Å². The van der Waals surface area contributed by atoms with Crippen molar-refractivity contribution < 1.29 is 50.9 Å². The van der Waals surface area contributed by atoms with E-state index >= 15 is 0 Å². The molecule has 0 aromatic heterocycles. The Morgan fingerprint density at radius 3 is 1.89 bits per heavy atom. The minimum Gasteiger partial charge on any atom is -0.466 e. The van der Waals surface area contributed by atoms with Gasteiger partial charge in [0.15, 0.2) is 0 Å². The number of aliphatic hydroxyl groups excluding tert-OH is 1. The van der Waals surface area contributed by atoms with E-state index < -0.39 is 29.5 Å². The quantitative estimate of drug-likeness (QED) is 0.168. The van der Waals surface area contributed by atoms with Gasteiger partial charge in [-0.25, -0.2) is 4.79 Å². The van der Waals surface area contributed by atoms with Crippen molar-refractivity contribution in [2.75, 3.05) is 37.7 Å². The molecule has 1 rings (SSSR count). The van der Waals surface area contributed by atoms with Gasteiger partial charge in [-0.15, -0.1) is 0 Å². The third-order valence-electron chi connectivity index (χ3n) is 5.95. The lowest BCUT2D eigenvalue weighted by Gasteiger charge is -2.33. The fourth-order valence-electron chi connectivity index (χ4n) is 3.81. The van der Waals surface area contributed by atoms with Crippen LogP contribution in [0.25, 0.3) is 0 Å². The van der Waals surface area contributed by atoms with Gasteiger partial charge in [0, 0.05) is 43.9 Å². The van der Waals surface area contributed by atoms with Crippen LogP contribution in [0.1, 0.15) is 64.4 Å². The minimum absolute atomic E-state index is 0.0654. The maximum Gasteiger partial charge on any atom is 0.430 e. The third kappa shape index (κ3) is 9.04. The van der Waals surface area contributed by atoms with Crippen molar-refractivity contribution in [1.29, 1.82) is 0 Å². The molecule has 13 heteroatoms. The van der Waals surface area contributed by atoms with E-state index in [1.807, 2.05) is 0 Å². The topological polar surface area (TPSA) is 90.3 Å². The SMILES string of the molecule is CCOC(=O)CCCCCCN(C(=O)N(CC)CCCCO)c1ccc(C(O)(C(F)(F)F)C(F)(F)F)cc1. The number of esters is 1. The highest BCUT2D eigenvalue weighted by molar-refractivity contribution is 5.92. The van der Waals surface area contributed by atoms with E-state index in [1.165, 1.54) is 9.80 Å². The standard InChI is InChI=1S/C25H36F6N2O5/c1-3-32(16-9-10-18-34)22(36)33(17-8-6-5-7-11-21(35)38-4-2)20-14-12-19(13-15-20)23(37,24(26,27)28)25(29,30)31/h12-15,34,37H,3-11,16-18H2,1-2H3. The van der Waals surface area contributed by atoms with E-state index in [0.717, 1.165) is 12.1 Å². The van der Waals surface area contributed by atoms with Crippen LogP contribution < -0.4 is 4.90 Å². The largest absolute Gasteiger partial charge is 0.466 e. The molecule has 2 N–H and O–H groups in total. The Morgan fingerprint density at radius 1 is 0.842 bits per heavy atom. The molecule has 0 radical (unpaired) electrons. The van der Waals surface area contributed by atoms with E-state index in [4.69, 9.17) is 9.84 Å². The van der Waals surface area contributed by atoms with E-state index in [-0.39, 0.29) is 37.8 Å². The van der Waals surface area contributed by atoms with Gasteiger partial charge in [-0.05, 0) is 51.7 Å². The lowest BCUT2D eigenvalue weighted by Crippen LogP contribution is -2.53. The van der Waals surface area contributed by atoms with E-state index in [1.54, 1.807) is 13.8 Å². The summed E-state index contributed by atoms with van der Waals surface area (Å²) in [5.74, 6) is -0.316. The second-order valence-electron chi connectivity index (χ2n) is 8.67. The van der Waals surface area contributed by atoms with Gasteiger partial charge in [0.05, 0.1) is 6.61 Å². The van der Waals surface area contributed by atoms with Crippen LogP contribution >= 0.6 is 0 Å². The van der Waals surface area contributed by atoms with Crippen molar-refractivity contribution >= 4 is 17.7 Å². The number of ether oxygens (including phenoxy) is 1. The molecule has 0 aliphatic rings. The second kappa shape index (κ2) is 15.2. The molecule has 0 heterocycles. The number of amides is 2. The Kier molecular flexibility index (Phi) is 13.4. The summed E-state index contributed by atoms with van der Waals surface area (Å²) in [6, 6.07) is 2.41. The van der Waals surface area contributed by atoms with Crippen LogP contribution in [0.2, 0.25) is 0 Å². The molecule has 1 aromatic rings. The van der Waals surface area contributed by atoms with Gasteiger partial charge >= 0.3 is 24.4 Å². The van der Waals surface area contributed by atoms with Gasteiger partial charge in [-0.3, -0.25) is 9.69 Å². The molecule has 0 aliphatic heterocycles. The Labute approximate surface area is 218 Å². The van der Waals surface area contributed by atoms with Gasteiger partial charge in [0.1, 0.15) is 0 Å². The number of urea groups is 1. The van der Waals surface area contributed by atoms with Crippen molar-refractivity contribution in [1.82, 2.24) is 4.90 Å². The number of hydrogen-bond acceptors (Lipinski definition) is 5. The molecule has 1 aromatic carbocycles. The van der Waals surface area contributed by atoms with E-state index in [2.05, 4.69) is 0 Å². The van der Waals surface area contributed by atoms with Crippen LogP contribution in [0.5, 0.6) is 0 Å². The lowest BCUT2D eigenvalue weighted by molar-refractivity contribution is -0.376. The van der Waals surface area contributed by atoms with Crippen LogP contribution in [0.4, 0.5) is 36.8 Å². The number of benzene rings is 1. The second-order valence-corrected chi connectivity index (χ2v) is 8.67. The number of carbonyl (C=O) groups is 2. The Balaban J connectivity index is 3.12. The zero-order valence-corrected chi connectivity index (χ0v) is 21.6. The highest BCUT2D eigenvalue weighted by atomic mass is 19.4. The molecular formula is C25H36F6N2O5. The molecule has 0 bridgehead atoms. The maximum absolute atomic E-state index is 13.3. The molecule has 0 unspecified atom stereocenters. The van der Waals surface area contributed by atoms with Crippen molar-refractivity contribution in [3.63, 3.8) is 0 Å². The Hall–Kier alpha value is -2.54. The molecule has 0 spiro atoms. The summed E-state index contributed by atoms with van der Waals surface area (Å²) in [7, 11) is 0. The zero-order chi connectivity index (χ0) is 29.0. The number of halogens is 6. The van der Waals surface area contributed by atoms with Gasteiger partial charge in [-0.1, -0.05) is 25.0 Å². The highest BCUT2D eigenvalue weighted by Gasteiger charge is 2.71.